The molecule has 0 aromatic carbocycles. The van der Waals surface area contributed by atoms with Crippen LogP contribution < -0.4 is 5.32 Å². The Balaban J connectivity index is 0.000000461. The van der Waals surface area contributed by atoms with E-state index < -0.39 is 0 Å². The maximum absolute atomic E-state index is 9.93. The summed E-state index contributed by atoms with van der Waals surface area (Å²) in [6.07, 6.45) is 4.97. The fourth-order valence-corrected chi connectivity index (χ4v) is 1.12. The molecule has 2 nitrogen and oxygen atoms in total. The maximum Gasteiger partial charge on any atom is 0.207 e. The molecule has 0 bridgehead atoms. The molecule has 0 heterocycles. The van der Waals surface area contributed by atoms with E-state index in [1.54, 1.807) is 0 Å². The molecule has 1 unspecified atom stereocenters. The van der Waals surface area contributed by atoms with E-state index in [0.717, 1.165) is 19.3 Å². The van der Waals surface area contributed by atoms with E-state index in [1.807, 2.05) is 13.8 Å². The second-order valence-electron chi connectivity index (χ2n) is 2.47. The highest BCUT2D eigenvalue weighted by Gasteiger charge is 2.11. The molecule has 0 aromatic rings. The summed E-state index contributed by atoms with van der Waals surface area (Å²) in [5.41, 5.74) is 1.38. The van der Waals surface area contributed by atoms with Crippen LogP contribution in [0, 0.1) is 0 Å². The van der Waals surface area contributed by atoms with Crippen LogP contribution in [-0.2, 0) is 4.79 Å². The van der Waals surface area contributed by atoms with Gasteiger partial charge in [0.15, 0.2) is 0 Å². The van der Waals surface area contributed by atoms with E-state index in [-0.39, 0.29) is 0 Å². The van der Waals surface area contributed by atoms with Gasteiger partial charge in [0.05, 0.1) is 0 Å². The van der Waals surface area contributed by atoms with Crippen molar-refractivity contribution >= 4 is 6.41 Å². The van der Waals surface area contributed by atoms with Gasteiger partial charge in [-0.2, -0.15) is 0 Å². The standard InChI is InChI=1S/C7H11NO.C2H6/c1-6-2-3-7(4-6)8-5-9;1-2/h2,5,7H,3-4H2,1H3,(H,8,9);1-2H3. The van der Waals surface area contributed by atoms with Crippen LogP contribution >= 0.6 is 0 Å². The fourth-order valence-electron chi connectivity index (χ4n) is 1.12. The molecule has 11 heavy (non-hydrogen) atoms. The van der Waals surface area contributed by atoms with Gasteiger partial charge in [-0.25, -0.2) is 0 Å². The molecule has 0 saturated heterocycles. The highest BCUT2D eigenvalue weighted by molar-refractivity contribution is 5.47. The highest BCUT2D eigenvalue weighted by atomic mass is 16.1. The SMILES string of the molecule is CC.CC1=CCC(NC=O)C1. The van der Waals surface area contributed by atoms with Crippen LogP contribution in [-0.4, -0.2) is 12.5 Å². The molecule has 1 amide bonds. The lowest BCUT2D eigenvalue weighted by atomic mass is 10.2. The van der Waals surface area contributed by atoms with Gasteiger partial charge in [0, 0.05) is 6.04 Å². The molecule has 1 aliphatic carbocycles. The Kier molecular flexibility index (Phi) is 5.53. The average Bonchev–Trinajstić information content (AvgIpc) is 2.41. The Hall–Kier alpha value is -0.790. The summed E-state index contributed by atoms with van der Waals surface area (Å²) in [6, 6.07) is 0.377. The molecule has 0 radical (unpaired) electrons. The molecule has 1 aliphatic rings. The van der Waals surface area contributed by atoms with Crippen molar-refractivity contribution in [3.63, 3.8) is 0 Å². The van der Waals surface area contributed by atoms with E-state index in [9.17, 15) is 4.79 Å². The van der Waals surface area contributed by atoms with Gasteiger partial charge in [0.1, 0.15) is 0 Å². The zero-order chi connectivity index (χ0) is 8.69. The summed E-state index contributed by atoms with van der Waals surface area (Å²) in [6.45, 7) is 6.09. The van der Waals surface area contributed by atoms with Crippen LogP contribution in [0.5, 0.6) is 0 Å². The largest absolute Gasteiger partial charge is 0.355 e. The van der Waals surface area contributed by atoms with Gasteiger partial charge in [-0.1, -0.05) is 25.5 Å². The summed E-state index contributed by atoms with van der Waals surface area (Å²) < 4.78 is 0. The van der Waals surface area contributed by atoms with Crippen molar-refractivity contribution in [2.75, 3.05) is 0 Å². The van der Waals surface area contributed by atoms with Crippen LogP contribution in [0.3, 0.4) is 0 Å². The van der Waals surface area contributed by atoms with Crippen molar-refractivity contribution in [1.29, 1.82) is 0 Å². The normalized spacial score (nSPS) is 21.4. The first-order valence-corrected chi connectivity index (χ1v) is 4.18. The Bertz CT molecular complexity index is 140. The van der Waals surface area contributed by atoms with Crippen LogP contribution in [0.1, 0.15) is 33.6 Å². The molecule has 0 saturated carbocycles. The van der Waals surface area contributed by atoms with Gasteiger partial charge in [0.2, 0.25) is 6.41 Å². The van der Waals surface area contributed by atoms with E-state index in [0.29, 0.717) is 6.04 Å². The molecule has 0 aromatic heterocycles. The van der Waals surface area contributed by atoms with E-state index in [2.05, 4.69) is 18.3 Å². The topological polar surface area (TPSA) is 29.1 Å². The number of carbonyl (C=O) groups excluding carboxylic acids is 1. The van der Waals surface area contributed by atoms with Crippen molar-refractivity contribution in [3.05, 3.63) is 11.6 Å². The van der Waals surface area contributed by atoms with E-state index in [4.69, 9.17) is 0 Å². The molecule has 1 N–H and O–H groups in total. The predicted molar refractivity (Wildman–Crippen MR) is 47.3 cm³/mol. The Morgan fingerprint density at radius 1 is 1.64 bits per heavy atom. The van der Waals surface area contributed by atoms with Crippen LogP contribution in [0.15, 0.2) is 11.6 Å². The highest BCUT2D eigenvalue weighted by Crippen LogP contribution is 2.16. The number of nitrogens with one attached hydrogen (secondary N) is 1. The lowest BCUT2D eigenvalue weighted by molar-refractivity contribution is -0.110. The van der Waals surface area contributed by atoms with Crippen molar-refractivity contribution in [3.8, 4) is 0 Å². The molecule has 1 rings (SSSR count). The first-order valence-electron chi connectivity index (χ1n) is 4.18. The van der Waals surface area contributed by atoms with E-state index in [1.165, 1.54) is 5.57 Å². The molecular formula is C9H17NO. The lowest BCUT2D eigenvalue weighted by Gasteiger charge is -2.05. The minimum atomic E-state index is 0.377. The third kappa shape index (κ3) is 3.81. The van der Waals surface area contributed by atoms with Crippen molar-refractivity contribution in [2.24, 2.45) is 0 Å². The van der Waals surface area contributed by atoms with E-state index >= 15 is 0 Å². The summed E-state index contributed by atoms with van der Waals surface area (Å²) in [5, 5.41) is 2.74. The number of hydrogen-bond donors (Lipinski definition) is 1. The second-order valence-corrected chi connectivity index (χ2v) is 2.47. The minimum Gasteiger partial charge on any atom is -0.355 e. The van der Waals surface area contributed by atoms with Crippen molar-refractivity contribution in [1.82, 2.24) is 5.32 Å². The van der Waals surface area contributed by atoms with Gasteiger partial charge in [-0.15, -0.1) is 0 Å². The molecule has 0 aliphatic heterocycles. The summed E-state index contributed by atoms with van der Waals surface area (Å²) in [5.74, 6) is 0. The zero-order valence-corrected chi connectivity index (χ0v) is 7.55. The molecule has 1 atom stereocenters. The summed E-state index contributed by atoms with van der Waals surface area (Å²) >= 11 is 0. The van der Waals surface area contributed by atoms with Crippen LogP contribution in [0.4, 0.5) is 0 Å². The number of amides is 1. The minimum absolute atomic E-state index is 0.377. The Labute approximate surface area is 68.7 Å². The summed E-state index contributed by atoms with van der Waals surface area (Å²) in [7, 11) is 0. The van der Waals surface area contributed by atoms with Gasteiger partial charge < -0.3 is 5.32 Å². The Morgan fingerprint density at radius 3 is 2.64 bits per heavy atom. The average molecular weight is 155 g/mol. The first-order chi connectivity index (χ1) is 5.33. The third-order valence-corrected chi connectivity index (χ3v) is 1.62. The third-order valence-electron chi connectivity index (χ3n) is 1.62. The monoisotopic (exact) mass is 155 g/mol. The molecule has 0 spiro atoms. The van der Waals surface area contributed by atoms with Crippen molar-refractivity contribution in [2.45, 2.75) is 39.7 Å². The second kappa shape index (κ2) is 5.96. The van der Waals surface area contributed by atoms with Gasteiger partial charge in [0.25, 0.3) is 0 Å². The van der Waals surface area contributed by atoms with Crippen LogP contribution in [0.2, 0.25) is 0 Å². The molecule has 2 heteroatoms. The Morgan fingerprint density at radius 2 is 2.27 bits per heavy atom. The predicted octanol–water partition coefficient (Wildman–Crippen LogP) is 1.87. The molecular weight excluding hydrogens is 138 g/mol. The van der Waals surface area contributed by atoms with Gasteiger partial charge >= 0.3 is 0 Å². The smallest absolute Gasteiger partial charge is 0.207 e. The lowest BCUT2D eigenvalue weighted by Crippen LogP contribution is -2.24. The van der Waals surface area contributed by atoms with Crippen molar-refractivity contribution < 1.29 is 4.79 Å². The number of carbonyl (C=O) groups is 1. The van der Waals surface area contributed by atoms with Gasteiger partial charge in [-0.3, -0.25) is 4.79 Å². The van der Waals surface area contributed by atoms with Gasteiger partial charge in [-0.05, 0) is 19.8 Å². The summed E-state index contributed by atoms with van der Waals surface area (Å²) in [4.78, 5) is 9.93. The molecule has 0 fully saturated rings. The van der Waals surface area contributed by atoms with Crippen LogP contribution in [0.25, 0.3) is 0 Å². The number of hydrogen-bond acceptors (Lipinski definition) is 1. The maximum atomic E-state index is 9.93. The number of rotatable bonds is 2. The molecule has 64 valence electrons. The first kappa shape index (κ1) is 10.2. The zero-order valence-electron chi connectivity index (χ0n) is 7.55. The fraction of sp³-hybridized carbons (Fsp3) is 0.667. The quantitative estimate of drug-likeness (QED) is 0.478.